The van der Waals surface area contributed by atoms with Crippen molar-refractivity contribution in [3.05, 3.63) is 59.1 Å². The molecule has 1 N–H and O–H groups in total. The maximum atomic E-state index is 12.5. The lowest BCUT2D eigenvalue weighted by Gasteiger charge is -2.30. The Morgan fingerprint density at radius 3 is 2.48 bits per heavy atom. The normalized spacial score (nSPS) is 12.7. The molecule has 1 amide bonds. The lowest BCUT2D eigenvalue weighted by molar-refractivity contribution is -0.135. The van der Waals surface area contributed by atoms with Crippen LogP contribution < -0.4 is 0 Å². The van der Waals surface area contributed by atoms with E-state index in [1.54, 1.807) is 56.5 Å². The fraction of sp³-hybridized carbons (Fsp3) is 0.353. The average Bonchev–Trinajstić information content (AvgIpc) is 2.49. The zero-order valence-corrected chi connectivity index (χ0v) is 14.2. The Balaban J connectivity index is 2.38. The minimum Gasteiger partial charge on any atom is -0.390 e. The first-order valence-electron chi connectivity index (χ1n) is 7.27. The van der Waals surface area contributed by atoms with Crippen LogP contribution in [0.4, 0.5) is 0 Å². The maximum absolute atomic E-state index is 12.5. The first-order chi connectivity index (χ1) is 10.8. The van der Waals surface area contributed by atoms with E-state index in [-0.39, 0.29) is 12.3 Å². The molecule has 0 spiro atoms. The minimum atomic E-state index is -1.07. The van der Waals surface area contributed by atoms with Gasteiger partial charge in [0.05, 0.1) is 23.9 Å². The molecular weight excluding hydrogens is 314 g/mol. The van der Waals surface area contributed by atoms with E-state index >= 15 is 0 Å². The Morgan fingerprint density at radius 1 is 1.30 bits per heavy atom. The summed E-state index contributed by atoms with van der Waals surface area (Å²) in [6, 6.07) is 6.87. The van der Waals surface area contributed by atoms with Gasteiger partial charge in [-0.1, -0.05) is 23.7 Å². The van der Waals surface area contributed by atoms with Gasteiger partial charge in [0.25, 0.3) is 0 Å². The molecule has 1 unspecified atom stereocenters. The number of amides is 1. The van der Waals surface area contributed by atoms with Crippen LogP contribution in [0.1, 0.15) is 37.6 Å². The molecule has 0 fully saturated rings. The SMILES string of the molecule is CN(C(=O)CC(C)(C)O)C(c1ccc(Cl)cc1)c1cnccn1. The number of hydrogen-bond donors (Lipinski definition) is 1. The van der Waals surface area contributed by atoms with Crippen LogP contribution in [0.15, 0.2) is 42.9 Å². The molecule has 6 heteroatoms. The summed E-state index contributed by atoms with van der Waals surface area (Å²) in [4.78, 5) is 22.5. The summed E-state index contributed by atoms with van der Waals surface area (Å²) in [5.41, 5.74) is 0.459. The van der Waals surface area contributed by atoms with Crippen LogP contribution in [0.25, 0.3) is 0 Å². The smallest absolute Gasteiger partial charge is 0.226 e. The number of carbonyl (C=O) groups excluding carboxylic acids is 1. The Morgan fingerprint density at radius 2 is 1.96 bits per heavy atom. The third kappa shape index (κ3) is 4.74. The Kier molecular flexibility index (Phi) is 5.34. The molecule has 1 aromatic heterocycles. The minimum absolute atomic E-state index is 0.0217. The number of nitrogens with zero attached hydrogens (tertiary/aromatic N) is 3. The van der Waals surface area contributed by atoms with Crippen molar-refractivity contribution in [1.82, 2.24) is 14.9 Å². The summed E-state index contributed by atoms with van der Waals surface area (Å²) in [5, 5.41) is 10.5. The van der Waals surface area contributed by atoms with Gasteiger partial charge in [-0.3, -0.25) is 14.8 Å². The van der Waals surface area contributed by atoms with Gasteiger partial charge < -0.3 is 10.0 Å². The van der Waals surface area contributed by atoms with Crippen LogP contribution in [-0.4, -0.2) is 38.5 Å². The van der Waals surface area contributed by atoms with Crippen molar-refractivity contribution in [3.63, 3.8) is 0 Å². The van der Waals surface area contributed by atoms with E-state index in [0.717, 1.165) is 5.56 Å². The van der Waals surface area contributed by atoms with Crippen LogP contribution in [0.5, 0.6) is 0 Å². The first kappa shape index (κ1) is 17.4. The third-order valence-electron chi connectivity index (χ3n) is 3.41. The fourth-order valence-electron chi connectivity index (χ4n) is 2.33. The highest BCUT2D eigenvalue weighted by atomic mass is 35.5. The van der Waals surface area contributed by atoms with Crippen molar-refractivity contribution >= 4 is 17.5 Å². The zero-order chi connectivity index (χ0) is 17.0. The van der Waals surface area contributed by atoms with Crippen LogP contribution in [0.2, 0.25) is 5.02 Å². The number of benzene rings is 1. The van der Waals surface area contributed by atoms with E-state index in [9.17, 15) is 9.90 Å². The molecule has 23 heavy (non-hydrogen) atoms. The third-order valence-corrected chi connectivity index (χ3v) is 3.67. The number of aromatic nitrogens is 2. The Hall–Kier alpha value is -1.98. The number of aliphatic hydroxyl groups is 1. The zero-order valence-electron chi connectivity index (χ0n) is 13.4. The molecule has 5 nitrogen and oxygen atoms in total. The Labute approximate surface area is 141 Å². The van der Waals surface area contributed by atoms with E-state index in [2.05, 4.69) is 9.97 Å². The molecule has 0 aliphatic rings. The van der Waals surface area contributed by atoms with Gasteiger partial charge in [-0.05, 0) is 31.5 Å². The summed E-state index contributed by atoms with van der Waals surface area (Å²) in [5.74, 6) is -0.178. The van der Waals surface area contributed by atoms with Gasteiger partial charge in [-0.2, -0.15) is 0 Å². The van der Waals surface area contributed by atoms with Crippen molar-refractivity contribution in [2.75, 3.05) is 7.05 Å². The van der Waals surface area contributed by atoms with Crippen LogP contribution in [-0.2, 0) is 4.79 Å². The quantitative estimate of drug-likeness (QED) is 0.913. The number of rotatable bonds is 5. The molecule has 0 aliphatic carbocycles. The standard InChI is InChI=1S/C17H20ClN3O2/c1-17(2,23)10-15(22)21(3)16(14-11-19-8-9-20-14)12-4-6-13(18)7-5-12/h4-9,11,16,23H,10H2,1-3H3. The second-order valence-corrected chi connectivity index (χ2v) is 6.51. The van der Waals surface area contributed by atoms with Crippen LogP contribution >= 0.6 is 11.6 Å². The topological polar surface area (TPSA) is 66.3 Å². The molecule has 1 heterocycles. The van der Waals surface area contributed by atoms with Crippen LogP contribution in [0, 0.1) is 0 Å². The first-order valence-corrected chi connectivity index (χ1v) is 7.65. The van der Waals surface area contributed by atoms with Gasteiger partial charge in [0.1, 0.15) is 6.04 Å². The van der Waals surface area contributed by atoms with Gasteiger partial charge in [0, 0.05) is 24.5 Å². The van der Waals surface area contributed by atoms with Gasteiger partial charge in [-0.15, -0.1) is 0 Å². The molecule has 0 saturated carbocycles. The second-order valence-electron chi connectivity index (χ2n) is 6.08. The van der Waals surface area contributed by atoms with E-state index in [4.69, 9.17) is 11.6 Å². The molecule has 122 valence electrons. The molecule has 1 aromatic carbocycles. The van der Waals surface area contributed by atoms with Crippen molar-refractivity contribution < 1.29 is 9.90 Å². The monoisotopic (exact) mass is 333 g/mol. The van der Waals surface area contributed by atoms with E-state index < -0.39 is 11.6 Å². The molecule has 1 atom stereocenters. The number of hydrogen-bond acceptors (Lipinski definition) is 4. The van der Waals surface area contributed by atoms with Crippen molar-refractivity contribution in [2.24, 2.45) is 0 Å². The van der Waals surface area contributed by atoms with Gasteiger partial charge >= 0.3 is 0 Å². The summed E-state index contributed by atoms with van der Waals surface area (Å²) in [7, 11) is 1.70. The summed E-state index contributed by atoms with van der Waals surface area (Å²) in [6.07, 6.45) is 4.83. The number of halogens is 1. The highest BCUT2D eigenvalue weighted by Gasteiger charge is 2.28. The second kappa shape index (κ2) is 7.06. The highest BCUT2D eigenvalue weighted by Crippen LogP contribution is 2.28. The van der Waals surface area contributed by atoms with Crippen LogP contribution in [0.3, 0.4) is 0 Å². The van der Waals surface area contributed by atoms with Crippen molar-refractivity contribution in [1.29, 1.82) is 0 Å². The molecule has 0 aliphatic heterocycles. The fourth-order valence-corrected chi connectivity index (χ4v) is 2.45. The van der Waals surface area contributed by atoms with Gasteiger partial charge in [0.15, 0.2) is 0 Å². The lowest BCUT2D eigenvalue weighted by Crippen LogP contribution is -2.37. The molecular formula is C17H20ClN3O2. The predicted molar refractivity (Wildman–Crippen MR) is 89.0 cm³/mol. The Bertz CT molecular complexity index is 654. The molecule has 2 rings (SSSR count). The lowest BCUT2D eigenvalue weighted by atomic mass is 10.00. The van der Waals surface area contributed by atoms with E-state index in [1.165, 1.54) is 0 Å². The highest BCUT2D eigenvalue weighted by molar-refractivity contribution is 6.30. The van der Waals surface area contributed by atoms with E-state index in [1.807, 2.05) is 12.1 Å². The molecule has 2 aromatic rings. The van der Waals surface area contributed by atoms with E-state index in [0.29, 0.717) is 10.7 Å². The van der Waals surface area contributed by atoms with Crippen molar-refractivity contribution in [2.45, 2.75) is 31.9 Å². The average molecular weight is 334 g/mol. The van der Waals surface area contributed by atoms with Gasteiger partial charge in [0.2, 0.25) is 5.91 Å². The molecule has 0 radical (unpaired) electrons. The maximum Gasteiger partial charge on any atom is 0.226 e. The summed E-state index contributed by atoms with van der Waals surface area (Å²) in [6.45, 7) is 3.22. The largest absolute Gasteiger partial charge is 0.390 e. The van der Waals surface area contributed by atoms with Crippen molar-refractivity contribution in [3.8, 4) is 0 Å². The molecule has 0 bridgehead atoms. The predicted octanol–water partition coefficient (Wildman–Crippen LogP) is 2.84. The van der Waals surface area contributed by atoms with Gasteiger partial charge in [-0.25, -0.2) is 0 Å². The summed E-state index contributed by atoms with van der Waals surface area (Å²) >= 11 is 5.95. The summed E-state index contributed by atoms with van der Waals surface area (Å²) < 4.78 is 0. The molecule has 0 saturated heterocycles. The number of carbonyl (C=O) groups is 1.